The molecule has 0 saturated heterocycles. The minimum Gasteiger partial charge on any atom is -0.477 e. The third-order valence-electron chi connectivity index (χ3n) is 5.43. The minimum absolute atomic E-state index is 0.0618. The Bertz CT molecular complexity index is 1330. The summed E-state index contributed by atoms with van der Waals surface area (Å²) >= 11 is 0. The van der Waals surface area contributed by atoms with Crippen molar-refractivity contribution in [3.8, 4) is 11.3 Å². The van der Waals surface area contributed by atoms with Crippen LogP contribution >= 0.6 is 0 Å². The van der Waals surface area contributed by atoms with Crippen molar-refractivity contribution >= 4 is 28.4 Å². The molecule has 0 saturated carbocycles. The average molecular weight is 443 g/mol. The third kappa shape index (κ3) is 4.41. The summed E-state index contributed by atoms with van der Waals surface area (Å²) in [5.74, 6) is -0.530. The standard InChI is InChI=1S/C25H26N6O2/c1-16(2)31-15-20(18-10-7-11-27-24(18)31)21-12-22(29-23(28-21)19(13-26)25(32)33)30(3)14-17-8-5-4-6-9-17/h4-13,15-16H,14,26H2,1-3H3,(H,32,33). The number of fused-ring (bicyclic) bond motifs is 1. The Balaban J connectivity index is 1.89. The summed E-state index contributed by atoms with van der Waals surface area (Å²) in [5, 5.41) is 10.6. The summed E-state index contributed by atoms with van der Waals surface area (Å²) in [6.07, 6.45) is 4.79. The minimum atomic E-state index is -1.18. The number of hydrogen-bond donors (Lipinski definition) is 2. The molecule has 168 valence electrons. The van der Waals surface area contributed by atoms with E-state index >= 15 is 0 Å². The molecular formula is C25H26N6O2. The number of carbonyl (C=O) groups is 1. The summed E-state index contributed by atoms with van der Waals surface area (Å²) in [6, 6.07) is 15.9. The highest BCUT2D eigenvalue weighted by Crippen LogP contribution is 2.32. The number of aliphatic carboxylic acids is 1. The molecule has 0 aliphatic carbocycles. The topological polar surface area (TPSA) is 110 Å². The highest BCUT2D eigenvalue weighted by molar-refractivity contribution is 6.14. The summed E-state index contributed by atoms with van der Waals surface area (Å²) in [4.78, 5) is 27.4. The molecule has 3 N–H and O–H groups in total. The van der Waals surface area contributed by atoms with Gasteiger partial charge in [-0.05, 0) is 31.5 Å². The van der Waals surface area contributed by atoms with Gasteiger partial charge < -0.3 is 20.3 Å². The first-order valence-electron chi connectivity index (χ1n) is 10.6. The number of pyridine rings is 1. The van der Waals surface area contributed by atoms with Gasteiger partial charge in [-0.3, -0.25) is 0 Å². The quantitative estimate of drug-likeness (QED) is 0.415. The first kappa shape index (κ1) is 22.0. The van der Waals surface area contributed by atoms with Crippen LogP contribution in [0.4, 0.5) is 5.82 Å². The van der Waals surface area contributed by atoms with Gasteiger partial charge in [0.05, 0.1) is 5.69 Å². The van der Waals surface area contributed by atoms with Gasteiger partial charge in [0, 0.05) is 55.2 Å². The lowest BCUT2D eigenvalue weighted by Crippen LogP contribution is -2.19. The fraction of sp³-hybridized carbons (Fsp3) is 0.200. The zero-order valence-corrected chi connectivity index (χ0v) is 18.8. The molecule has 8 nitrogen and oxygen atoms in total. The predicted molar refractivity (Wildman–Crippen MR) is 129 cm³/mol. The van der Waals surface area contributed by atoms with Crippen molar-refractivity contribution in [3.05, 3.63) is 78.5 Å². The van der Waals surface area contributed by atoms with Crippen LogP contribution in [0.1, 0.15) is 31.3 Å². The van der Waals surface area contributed by atoms with E-state index in [1.807, 2.05) is 66.7 Å². The molecule has 3 aromatic heterocycles. The van der Waals surface area contributed by atoms with Gasteiger partial charge in [0.2, 0.25) is 0 Å². The number of nitrogens with zero attached hydrogens (tertiary/aromatic N) is 5. The molecule has 0 bridgehead atoms. The number of benzene rings is 1. The van der Waals surface area contributed by atoms with Gasteiger partial charge in [-0.1, -0.05) is 30.3 Å². The van der Waals surface area contributed by atoms with Crippen LogP contribution in [-0.2, 0) is 11.3 Å². The second-order valence-corrected chi connectivity index (χ2v) is 8.08. The van der Waals surface area contributed by atoms with E-state index in [1.54, 1.807) is 6.20 Å². The van der Waals surface area contributed by atoms with Crippen molar-refractivity contribution in [2.24, 2.45) is 5.73 Å². The van der Waals surface area contributed by atoms with Crippen LogP contribution in [0.5, 0.6) is 0 Å². The molecule has 0 fully saturated rings. The van der Waals surface area contributed by atoms with Crippen molar-refractivity contribution in [2.45, 2.75) is 26.4 Å². The summed E-state index contributed by atoms with van der Waals surface area (Å²) in [6.45, 7) is 4.77. The Morgan fingerprint density at radius 3 is 2.61 bits per heavy atom. The Kier molecular flexibility index (Phi) is 6.08. The van der Waals surface area contributed by atoms with Gasteiger partial charge in [-0.2, -0.15) is 0 Å². The molecule has 0 aliphatic rings. The van der Waals surface area contributed by atoms with Crippen LogP contribution in [0.15, 0.2) is 67.1 Å². The lowest BCUT2D eigenvalue weighted by atomic mass is 10.1. The average Bonchev–Trinajstić information content (AvgIpc) is 3.20. The van der Waals surface area contributed by atoms with Gasteiger partial charge in [0.1, 0.15) is 17.0 Å². The fourth-order valence-corrected chi connectivity index (χ4v) is 3.75. The molecule has 0 aliphatic heterocycles. The van der Waals surface area contributed by atoms with Crippen molar-refractivity contribution < 1.29 is 9.90 Å². The molecule has 4 aromatic rings. The highest BCUT2D eigenvalue weighted by Gasteiger charge is 2.20. The van der Waals surface area contributed by atoms with Crippen LogP contribution < -0.4 is 10.6 Å². The van der Waals surface area contributed by atoms with Crippen LogP contribution in [0.2, 0.25) is 0 Å². The van der Waals surface area contributed by atoms with Gasteiger partial charge in [0.15, 0.2) is 5.82 Å². The summed E-state index contributed by atoms with van der Waals surface area (Å²) in [5.41, 5.74) is 8.88. The molecule has 0 atom stereocenters. The number of anilines is 1. The normalized spacial score (nSPS) is 11.8. The molecule has 0 spiro atoms. The van der Waals surface area contributed by atoms with Crippen LogP contribution in [0.3, 0.4) is 0 Å². The number of aromatic nitrogens is 4. The van der Waals surface area contributed by atoms with Crippen LogP contribution in [0, 0.1) is 0 Å². The van der Waals surface area contributed by atoms with E-state index < -0.39 is 5.97 Å². The van der Waals surface area contributed by atoms with Gasteiger partial charge in [-0.25, -0.2) is 19.7 Å². The van der Waals surface area contributed by atoms with Crippen molar-refractivity contribution in [3.63, 3.8) is 0 Å². The highest BCUT2D eigenvalue weighted by atomic mass is 16.4. The second-order valence-electron chi connectivity index (χ2n) is 8.08. The van der Waals surface area contributed by atoms with Crippen molar-refractivity contribution in [1.29, 1.82) is 0 Å². The maximum atomic E-state index is 11.8. The second kappa shape index (κ2) is 9.12. The monoisotopic (exact) mass is 442 g/mol. The number of nitrogens with two attached hydrogens (primary N) is 1. The lowest BCUT2D eigenvalue weighted by molar-refractivity contribution is -0.130. The molecule has 0 unspecified atom stereocenters. The Morgan fingerprint density at radius 1 is 1.18 bits per heavy atom. The van der Waals surface area contributed by atoms with E-state index in [0.717, 1.165) is 28.4 Å². The lowest BCUT2D eigenvalue weighted by Gasteiger charge is -2.20. The predicted octanol–water partition coefficient (Wildman–Crippen LogP) is 4.09. The molecule has 8 heteroatoms. The van der Waals surface area contributed by atoms with E-state index in [9.17, 15) is 9.90 Å². The van der Waals surface area contributed by atoms with E-state index in [0.29, 0.717) is 18.1 Å². The van der Waals surface area contributed by atoms with Crippen molar-refractivity contribution in [1.82, 2.24) is 19.5 Å². The molecule has 4 rings (SSSR count). The number of carboxylic acids is 1. The number of carboxylic acid groups (broad SMARTS) is 1. The van der Waals surface area contributed by atoms with Gasteiger partial charge in [-0.15, -0.1) is 0 Å². The van der Waals surface area contributed by atoms with Gasteiger partial charge >= 0.3 is 5.97 Å². The molecule has 33 heavy (non-hydrogen) atoms. The Morgan fingerprint density at radius 2 is 1.94 bits per heavy atom. The Hall–Kier alpha value is -4.20. The Labute approximate surface area is 192 Å². The fourth-order valence-electron chi connectivity index (χ4n) is 3.75. The molecule has 0 amide bonds. The molecule has 1 aromatic carbocycles. The number of rotatable bonds is 7. The molecule has 0 radical (unpaired) electrons. The maximum Gasteiger partial charge on any atom is 0.341 e. The summed E-state index contributed by atoms with van der Waals surface area (Å²) in [7, 11) is 1.91. The SMILES string of the molecule is CC(C)n1cc(-c2cc(N(C)Cc3ccccc3)nc(C(=CN)C(=O)O)n2)c2cccnc21. The zero-order chi connectivity index (χ0) is 23.5. The van der Waals surface area contributed by atoms with E-state index in [2.05, 4.69) is 33.4 Å². The number of hydrogen-bond acceptors (Lipinski definition) is 6. The smallest absolute Gasteiger partial charge is 0.341 e. The molecule has 3 heterocycles. The largest absolute Gasteiger partial charge is 0.477 e. The van der Waals surface area contributed by atoms with E-state index in [4.69, 9.17) is 5.73 Å². The molecular weight excluding hydrogens is 416 g/mol. The van der Waals surface area contributed by atoms with Crippen molar-refractivity contribution in [2.75, 3.05) is 11.9 Å². The maximum absolute atomic E-state index is 11.8. The first-order valence-corrected chi connectivity index (χ1v) is 10.6. The van der Waals surface area contributed by atoms with Crippen LogP contribution in [0.25, 0.3) is 27.9 Å². The zero-order valence-electron chi connectivity index (χ0n) is 18.8. The van der Waals surface area contributed by atoms with E-state index in [-0.39, 0.29) is 17.4 Å². The van der Waals surface area contributed by atoms with E-state index in [1.165, 1.54) is 0 Å². The summed E-state index contributed by atoms with van der Waals surface area (Å²) < 4.78 is 2.08. The third-order valence-corrected chi connectivity index (χ3v) is 5.43. The first-order chi connectivity index (χ1) is 15.9. The van der Waals surface area contributed by atoms with Crippen LogP contribution in [-0.4, -0.2) is 37.6 Å². The van der Waals surface area contributed by atoms with Gasteiger partial charge in [0.25, 0.3) is 0 Å².